The number of ketones is 1. The van der Waals surface area contributed by atoms with Gasteiger partial charge in [-0.05, 0) is 67.3 Å². The van der Waals surface area contributed by atoms with Crippen molar-refractivity contribution < 1.29 is 29.0 Å². The molecule has 0 spiro atoms. The molecule has 1 aliphatic carbocycles. The zero-order chi connectivity index (χ0) is 28.8. The third kappa shape index (κ3) is 4.37. The molecule has 1 unspecified atom stereocenters. The lowest BCUT2D eigenvalue weighted by molar-refractivity contribution is -0.384. The van der Waals surface area contributed by atoms with E-state index in [1.165, 1.54) is 12.1 Å². The SMILES string of the molecule is COc1ccc(C(O)=C2C(=N)N(c3cc([N+](=O)[O-])ccc3C)C3=C(C(=O)CCC3)C2c2ccc3c(c2)OCO3)cc1. The summed E-state index contributed by atoms with van der Waals surface area (Å²) in [6.07, 6.45) is 1.38. The molecule has 6 rings (SSSR count). The van der Waals surface area contributed by atoms with Crippen LogP contribution in [0.25, 0.3) is 5.76 Å². The van der Waals surface area contributed by atoms with Gasteiger partial charge in [0.15, 0.2) is 17.3 Å². The van der Waals surface area contributed by atoms with Crippen molar-refractivity contribution in [2.75, 3.05) is 18.8 Å². The number of aliphatic hydroxyl groups excluding tert-OH is 1. The molecule has 0 saturated carbocycles. The minimum atomic E-state index is -0.780. The van der Waals surface area contributed by atoms with Gasteiger partial charge in [-0.25, -0.2) is 0 Å². The van der Waals surface area contributed by atoms with E-state index in [0.717, 1.165) is 0 Å². The first-order chi connectivity index (χ1) is 19.8. The number of nitro benzene ring substituents is 1. The van der Waals surface area contributed by atoms with E-state index in [0.29, 0.717) is 70.2 Å². The molecule has 2 heterocycles. The largest absolute Gasteiger partial charge is 0.507 e. The number of fused-ring (bicyclic) bond motifs is 1. The van der Waals surface area contributed by atoms with Gasteiger partial charge in [-0.3, -0.25) is 25.2 Å². The predicted molar refractivity (Wildman–Crippen MR) is 152 cm³/mol. The minimum absolute atomic E-state index is 0.0713. The Labute approximate surface area is 235 Å². The average molecular weight is 554 g/mol. The molecule has 3 aliphatic rings. The molecule has 2 N–H and O–H groups in total. The number of anilines is 1. The molecule has 0 radical (unpaired) electrons. The first-order valence-electron chi connectivity index (χ1n) is 13.2. The number of allylic oxidation sites excluding steroid dienone is 2. The Morgan fingerprint density at radius 3 is 2.56 bits per heavy atom. The predicted octanol–water partition coefficient (Wildman–Crippen LogP) is 6.20. The van der Waals surface area contributed by atoms with Gasteiger partial charge in [0, 0.05) is 46.9 Å². The van der Waals surface area contributed by atoms with Crippen LogP contribution in [-0.4, -0.2) is 35.6 Å². The number of hydrogen-bond acceptors (Lipinski definition) is 8. The maximum absolute atomic E-state index is 13.7. The molecule has 0 saturated heterocycles. The van der Waals surface area contributed by atoms with Gasteiger partial charge in [0.25, 0.3) is 5.69 Å². The Balaban J connectivity index is 1.65. The number of aliphatic hydroxyl groups is 1. The number of nitro groups is 1. The van der Waals surface area contributed by atoms with Gasteiger partial charge in [0.1, 0.15) is 17.3 Å². The van der Waals surface area contributed by atoms with E-state index in [4.69, 9.17) is 14.2 Å². The second-order valence-electron chi connectivity index (χ2n) is 10.1. The summed E-state index contributed by atoms with van der Waals surface area (Å²) in [5.74, 6) is 0.546. The van der Waals surface area contributed by atoms with Crippen LogP contribution in [-0.2, 0) is 4.79 Å². The maximum atomic E-state index is 13.7. The zero-order valence-electron chi connectivity index (χ0n) is 22.5. The van der Waals surface area contributed by atoms with E-state index in [-0.39, 0.29) is 35.4 Å². The molecule has 41 heavy (non-hydrogen) atoms. The fourth-order valence-corrected chi connectivity index (χ4v) is 5.74. The Morgan fingerprint density at radius 1 is 1.07 bits per heavy atom. The standard InChI is InChI=1S/C31H27N3O7/c1-17-6-10-20(34(37)38)15-23(17)33-22-4-3-5-24(35)28(22)27(19-9-13-25-26(14-19)41-16-40-25)29(31(33)32)30(36)18-7-11-21(39-2)12-8-18/h6-15,27,32,36H,3-5,16H2,1-2H3. The second-order valence-corrected chi connectivity index (χ2v) is 10.1. The summed E-state index contributed by atoms with van der Waals surface area (Å²) >= 11 is 0. The van der Waals surface area contributed by atoms with Crippen LogP contribution < -0.4 is 19.1 Å². The van der Waals surface area contributed by atoms with Crippen LogP contribution in [0.1, 0.15) is 41.9 Å². The third-order valence-electron chi connectivity index (χ3n) is 7.75. The molecule has 2 aliphatic heterocycles. The molecule has 10 heteroatoms. The molecule has 3 aromatic rings. The minimum Gasteiger partial charge on any atom is -0.507 e. The monoisotopic (exact) mass is 553 g/mol. The first kappa shape index (κ1) is 26.1. The van der Waals surface area contributed by atoms with Crippen LogP contribution in [0, 0.1) is 22.4 Å². The molecule has 10 nitrogen and oxygen atoms in total. The van der Waals surface area contributed by atoms with E-state index in [1.54, 1.807) is 61.4 Å². The number of nitrogens with one attached hydrogen (secondary N) is 1. The Hall–Kier alpha value is -5.12. The molecule has 0 fully saturated rings. The zero-order valence-corrected chi connectivity index (χ0v) is 22.5. The third-order valence-corrected chi connectivity index (χ3v) is 7.75. The Kier molecular flexibility index (Phi) is 6.45. The Morgan fingerprint density at radius 2 is 1.83 bits per heavy atom. The van der Waals surface area contributed by atoms with E-state index in [2.05, 4.69) is 0 Å². The van der Waals surface area contributed by atoms with E-state index < -0.39 is 10.8 Å². The first-order valence-corrected chi connectivity index (χ1v) is 13.2. The van der Waals surface area contributed by atoms with Crippen molar-refractivity contribution in [3.05, 3.63) is 104 Å². The van der Waals surface area contributed by atoms with E-state index >= 15 is 0 Å². The molecule has 0 bridgehead atoms. The number of carbonyl (C=O) groups is 1. The number of rotatable bonds is 5. The van der Waals surface area contributed by atoms with Gasteiger partial charge in [0.05, 0.1) is 17.7 Å². The highest BCUT2D eigenvalue weighted by Crippen LogP contribution is 2.50. The van der Waals surface area contributed by atoms with Crippen molar-refractivity contribution in [3.63, 3.8) is 0 Å². The molecule has 3 aromatic carbocycles. The van der Waals surface area contributed by atoms with Crippen molar-refractivity contribution >= 4 is 28.8 Å². The van der Waals surface area contributed by atoms with Crippen LogP contribution in [0.2, 0.25) is 0 Å². The van der Waals surface area contributed by atoms with Crippen molar-refractivity contribution in [3.8, 4) is 17.2 Å². The van der Waals surface area contributed by atoms with Crippen molar-refractivity contribution in [2.24, 2.45) is 0 Å². The lowest BCUT2D eigenvalue weighted by atomic mass is 9.73. The van der Waals surface area contributed by atoms with E-state index in [9.17, 15) is 25.4 Å². The average Bonchev–Trinajstić information content (AvgIpc) is 3.45. The summed E-state index contributed by atoms with van der Waals surface area (Å²) in [5, 5.41) is 33.0. The number of benzene rings is 3. The second kappa shape index (κ2) is 10.1. The highest BCUT2D eigenvalue weighted by molar-refractivity contribution is 6.20. The number of amidine groups is 1. The van der Waals surface area contributed by atoms with Crippen LogP contribution in [0.5, 0.6) is 17.2 Å². The Bertz CT molecular complexity index is 1670. The van der Waals surface area contributed by atoms with Gasteiger partial charge in [-0.1, -0.05) is 12.1 Å². The molecule has 1 atom stereocenters. The summed E-state index contributed by atoms with van der Waals surface area (Å²) in [7, 11) is 1.54. The van der Waals surface area contributed by atoms with Crippen LogP contribution in [0.15, 0.2) is 77.5 Å². The van der Waals surface area contributed by atoms with Gasteiger partial charge >= 0.3 is 0 Å². The van der Waals surface area contributed by atoms with Gasteiger partial charge in [-0.2, -0.15) is 0 Å². The van der Waals surface area contributed by atoms with Crippen molar-refractivity contribution in [1.29, 1.82) is 5.41 Å². The number of non-ortho nitro benzene ring substituents is 1. The van der Waals surface area contributed by atoms with Crippen LogP contribution in [0.4, 0.5) is 11.4 Å². The van der Waals surface area contributed by atoms with Crippen LogP contribution >= 0.6 is 0 Å². The van der Waals surface area contributed by atoms with Gasteiger partial charge in [-0.15, -0.1) is 0 Å². The lowest BCUT2D eigenvalue weighted by Gasteiger charge is -2.42. The smallest absolute Gasteiger partial charge is 0.271 e. The summed E-state index contributed by atoms with van der Waals surface area (Å²) < 4.78 is 16.4. The molecular formula is C31H27N3O7. The number of carbonyl (C=O) groups excluding carboxylic acids is 1. The number of methoxy groups -OCH3 is 1. The topological polar surface area (TPSA) is 135 Å². The summed E-state index contributed by atoms with van der Waals surface area (Å²) in [6.45, 7) is 1.87. The number of Topliss-reactive ketones (excluding diaryl/α,β-unsaturated/α-hetero) is 1. The van der Waals surface area contributed by atoms with Crippen molar-refractivity contribution in [2.45, 2.75) is 32.1 Å². The number of hydrogen-bond donors (Lipinski definition) is 2. The summed E-state index contributed by atoms with van der Waals surface area (Å²) in [4.78, 5) is 26.5. The summed E-state index contributed by atoms with van der Waals surface area (Å²) in [6, 6.07) is 16.6. The fourth-order valence-electron chi connectivity index (χ4n) is 5.74. The summed E-state index contributed by atoms with van der Waals surface area (Å²) in [5.41, 5.74) is 3.31. The number of aryl methyl sites for hydroxylation is 1. The lowest BCUT2D eigenvalue weighted by Crippen LogP contribution is -2.42. The molecule has 0 amide bonds. The van der Waals surface area contributed by atoms with E-state index in [1.807, 2.05) is 6.07 Å². The van der Waals surface area contributed by atoms with Crippen molar-refractivity contribution in [1.82, 2.24) is 0 Å². The maximum Gasteiger partial charge on any atom is 0.271 e. The highest BCUT2D eigenvalue weighted by atomic mass is 16.7. The van der Waals surface area contributed by atoms with Gasteiger partial charge in [0.2, 0.25) is 6.79 Å². The quantitative estimate of drug-likeness (QED) is 0.217. The number of nitrogens with zero attached hydrogens (tertiary/aromatic N) is 2. The molecule has 208 valence electrons. The molecule has 0 aromatic heterocycles. The molecular weight excluding hydrogens is 526 g/mol. The normalized spacial score (nSPS) is 19.3. The van der Waals surface area contributed by atoms with Crippen LogP contribution in [0.3, 0.4) is 0 Å². The number of ether oxygens (including phenoxy) is 3. The van der Waals surface area contributed by atoms with Gasteiger partial charge < -0.3 is 19.3 Å². The fraction of sp³-hybridized carbons (Fsp3) is 0.226. The highest BCUT2D eigenvalue weighted by Gasteiger charge is 2.44.